The number of thiophene rings is 1. The molecule has 32 heavy (non-hydrogen) atoms. The zero-order valence-corrected chi connectivity index (χ0v) is 18.5. The second-order valence-corrected chi connectivity index (χ2v) is 8.58. The highest BCUT2D eigenvalue weighted by molar-refractivity contribution is 7.12. The van der Waals surface area contributed by atoms with Gasteiger partial charge in [0.1, 0.15) is 5.82 Å². The van der Waals surface area contributed by atoms with Crippen LogP contribution >= 0.6 is 22.9 Å². The van der Waals surface area contributed by atoms with Gasteiger partial charge in [0.2, 0.25) is 0 Å². The first-order valence-electron chi connectivity index (χ1n) is 9.91. The van der Waals surface area contributed by atoms with Crippen LogP contribution in [0.2, 0.25) is 5.02 Å². The van der Waals surface area contributed by atoms with Gasteiger partial charge >= 0.3 is 0 Å². The van der Waals surface area contributed by atoms with Crippen LogP contribution < -0.4 is 5.32 Å². The molecule has 9 heteroatoms. The van der Waals surface area contributed by atoms with Gasteiger partial charge in [-0.1, -0.05) is 23.7 Å². The number of carbonyl (C=O) groups excluding carboxylic acids is 3. The summed E-state index contributed by atoms with van der Waals surface area (Å²) >= 11 is 7.52. The number of anilines is 1. The molecule has 0 aliphatic carbocycles. The van der Waals surface area contributed by atoms with Crippen molar-refractivity contribution >= 4 is 46.3 Å². The molecular formula is C23H19ClFN3O3S. The quantitative estimate of drug-likeness (QED) is 0.613. The molecule has 3 amide bonds. The molecule has 0 radical (unpaired) electrons. The molecule has 4 rings (SSSR count). The van der Waals surface area contributed by atoms with Crippen LogP contribution in [0.25, 0.3) is 0 Å². The molecule has 2 aromatic carbocycles. The van der Waals surface area contributed by atoms with Gasteiger partial charge in [0, 0.05) is 37.3 Å². The smallest absolute Gasteiger partial charge is 0.265 e. The van der Waals surface area contributed by atoms with Crippen LogP contribution in [0.4, 0.5) is 10.1 Å². The number of hydrogen-bond donors (Lipinski definition) is 1. The SMILES string of the molecule is O=C(Nc1cc(C(=O)N2CCN(C(=O)c3cccc(F)c3)CC2)ccc1Cl)c1cccs1. The van der Waals surface area contributed by atoms with Gasteiger partial charge in [0.25, 0.3) is 17.7 Å². The number of hydrogen-bond acceptors (Lipinski definition) is 4. The minimum absolute atomic E-state index is 0.217. The second-order valence-electron chi connectivity index (χ2n) is 7.22. The van der Waals surface area contributed by atoms with Crippen molar-refractivity contribution in [3.8, 4) is 0 Å². The van der Waals surface area contributed by atoms with Crippen LogP contribution in [0.1, 0.15) is 30.4 Å². The molecule has 1 N–H and O–H groups in total. The first-order valence-corrected chi connectivity index (χ1v) is 11.2. The van der Waals surface area contributed by atoms with E-state index >= 15 is 0 Å². The predicted octanol–water partition coefficient (Wildman–Crippen LogP) is 4.39. The van der Waals surface area contributed by atoms with Crippen molar-refractivity contribution in [1.82, 2.24) is 9.80 Å². The van der Waals surface area contributed by atoms with E-state index in [-0.39, 0.29) is 23.3 Å². The normalized spacial score (nSPS) is 13.7. The number of amides is 3. The molecule has 1 saturated heterocycles. The highest BCUT2D eigenvalue weighted by Crippen LogP contribution is 2.25. The minimum atomic E-state index is -0.464. The molecule has 164 valence electrons. The maximum absolute atomic E-state index is 13.4. The van der Waals surface area contributed by atoms with Crippen molar-refractivity contribution in [2.45, 2.75) is 0 Å². The lowest BCUT2D eigenvalue weighted by molar-refractivity contribution is 0.0535. The highest BCUT2D eigenvalue weighted by Gasteiger charge is 2.26. The average molecular weight is 472 g/mol. The molecule has 0 unspecified atom stereocenters. The van der Waals surface area contributed by atoms with E-state index in [4.69, 9.17) is 11.6 Å². The maximum Gasteiger partial charge on any atom is 0.265 e. The molecule has 1 aromatic heterocycles. The van der Waals surface area contributed by atoms with E-state index in [0.29, 0.717) is 47.3 Å². The predicted molar refractivity (Wildman–Crippen MR) is 122 cm³/mol. The second kappa shape index (κ2) is 9.50. The van der Waals surface area contributed by atoms with Crippen molar-refractivity contribution < 1.29 is 18.8 Å². The summed E-state index contributed by atoms with van der Waals surface area (Å²) in [7, 11) is 0. The largest absolute Gasteiger partial charge is 0.335 e. The first-order chi connectivity index (χ1) is 15.4. The molecular weight excluding hydrogens is 453 g/mol. The van der Waals surface area contributed by atoms with E-state index in [2.05, 4.69) is 5.32 Å². The van der Waals surface area contributed by atoms with Crippen LogP contribution in [-0.4, -0.2) is 53.7 Å². The first kappa shape index (κ1) is 22.0. The van der Waals surface area contributed by atoms with Crippen molar-refractivity contribution in [2.24, 2.45) is 0 Å². The third-order valence-corrected chi connectivity index (χ3v) is 6.33. The van der Waals surface area contributed by atoms with E-state index < -0.39 is 5.82 Å². The lowest BCUT2D eigenvalue weighted by Crippen LogP contribution is -2.50. The Morgan fingerprint density at radius 3 is 2.12 bits per heavy atom. The molecule has 1 aliphatic heterocycles. The van der Waals surface area contributed by atoms with Crippen molar-refractivity contribution in [3.05, 3.63) is 86.8 Å². The Balaban J connectivity index is 1.41. The summed E-state index contributed by atoms with van der Waals surface area (Å²) in [4.78, 5) is 41.7. The van der Waals surface area contributed by atoms with E-state index in [1.807, 2.05) is 0 Å². The molecule has 1 aliphatic rings. The van der Waals surface area contributed by atoms with Gasteiger partial charge in [-0.25, -0.2) is 4.39 Å². The van der Waals surface area contributed by atoms with Crippen molar-refractivity contribution in [3.63, 3.8) is 0 Å². The van der Waals surface area contributed by atoms with E-state index in [0.717, 1.165) is 0 Å². The van der Waals surface area contributed by atoms with Gasteiger partial charge in [-0.15, -0.1) is 11.3 Å². The monoisotopic (exact) mass is 471 g/mol. The average Bonchev–Trinajstić information content (AvgIpc) is 3.35. The van der Waals surface area contributed by atoms with Crippen LogP contribution in [0.3, 0.4) is 0 Å². The molecule has 6 nitrogen and oxygen atoms in total. The summed E-state index contributed by atoms with van der Waals surface area (Å²) < 4.78 is 13.4. The van der Waals surface area contributed by atoms with Crippen LogP contribution in [0.5, 0.6) is 0 Å². The highest BCUT2D eigenvalue weighted by atomic mass is 35.5. The minimum Gasteiger partial charge on any atom is -0.335 e. The Morgan fingerprint density at radius 2 is 1.53 bits per heavy atom. The van der Waals surface area contributed by atoms with E-state index in [1.54, 1.807) is 51.6 Å². The van der Waals surface area contributed by atoms with Gasteiger partial charge in [0.05, 0.1) is 15.6 Å². The van der Waals surface area contributed by atoms with Crippen LogP contribution in [0, 0.1) is 5.82 Å². The Bertz CT molecular complexity index is 1160. The fraction of sp³-hybridized carbons (Fsp3) is 0.174. The van der Waals surface area contributed by atoms with Crippen LogP contribution in [-0.2, 0) is 0 Å². The van der Waals surface area contributed by atoms with E-state index in [9.17, 15) is 18.8 Å². The van der Waals surface area contributed by atoms with Gasteiger partial charge in [0.15, 0.2) is 0 Å². The number of halogens is 2. The summed E-state index contributed by atoms with van der Waals surface area (Å²) in [5, 5.41) is 4.87. The third-order valence-electron chi connectivity index (χ3n) is 5.13. The van der Waals surface area contributed by atoms with Gasteiger partial charge in [-0.3, -0.25) is 14.4 Å². The molecule has 0 atom stereocenters. The zero-order chi connectivity index (χ0) is 22.7. The summed E-state index contributed by atoms with van der Waals surface area (Å²) in [5.41, 5.74) is 1.03. The fourth-order valence-corrected chi connectivity index (χ4v) is 4.23. The Labute approximate surface area is 193 Å². The third kappa shape index (κ3) is 4.81. The lowest BCUT2D eigenvalue weighted by Gasteiger charge is -2.35. The van der Waals surface area contributed by atoms with Gasteiger partial charge in [-0.05, 0) is 47.8 Å². The van der Waals surface area contributed by atoms with Gasteiger partial charge < -0.3 is 15.1 Å². The van der Waals surface area contributed by atoms with Crippen LogP contribution in [0.15, 0.2) is 60.0 Å². The summed E-state index contributed by atoms with van der Waals surface area (Å²) in [6.07, 6.45) is 0. The maximum atomic E-state index is 13.4. The molecule has 0 bridgehead atoms. The number of carbonyl (C=O) groups is 3. The lowest BCUT2D eigenvalue weighted by atomic mass is 10.1. The number of rotatable bonds is 4. The number of piperazine rings is 1. The molecule has 2 heterocycles. The summed E-state index contributed by atoms with van der Waals surface area (Å²) in [5.74, 6) is -1.24. The number of nitrogens with one attached hydrogen (secondary N) is 1. The zero-order valence-electron chi connectivity index (χ0n) is 16.9. The topological polar surface area (TPSA) is 69.7 Å². The standard InChI is InChI=1S/C23H19ClFN3O3S/c24-18-7-6-16(14-19(18)26-21(29)20-5-2-12-32-20)23(31)28-10-8-27(9-11-28)22(30)15-3-1-4-17(25)13-15/h1-7,12-14H,8-11H2,(H,26,29). The van der Waals surface area contributed by atoms with E-state index in [1.165, 1.54) is 29.5 Å². The van der Waals surface area contributed by atoms with Crippen molar-refractivity contribution in [2.75, 3.05) is 31.5 Å². The molecule has 0 spiro atoms. The molecule has 3 aromatic rings. The summed E-state index contributed by atoms with van der Waals surface area (Å²) in [6, 6.07) is 13.8. The Morgan fingerprint density at radius 1 is 0.875 bits per heavy atom. The number of benzene rings is 2. The molecule has 0 saturated carbocycles. The summed E-state index contributed by atoms with van der Waals surface area (Å²) in [6.45, 7) is 1.38. The molecule has 1 fully saturated rings. The Kier molecular flexibility index (Phi) is 6.53. The number of nitrogens with zero attached hydrogens (tertiary/aromatic N) is 2. The fourth-order valence-electron chi connectivity index (χ4n) is 3.45. The Hall–Kier alpha value is -3.23. The van der Waals surface area contributed by atoms with Crippen molar-refractivity contribution in [1.29, 1.82) is 0 Å². The van der Waals surface area contributed by atoms with Gasteiger partial charge in [-0.2, -0.15) is 0 Å².